The van der Waals surface area contributed by atoms with Crippen molar-refractivity contribution in [1.29, 1.82) is 0 Å². The van der Waals surface area contributed by atoms with Gasteiger partial charge in [0.25, 0.3) is 11.8 Å². The molecule has 2 saturated heterocycles. The van der Waals surface area contributed by atoms with Gasteiger partial charge in [0.15, 0.2) is 24.6 Å². The monoisotopic (exact) mass is 973 g/mol. The van der Waals surface area contributed by atoms with Gasteiger partial charge in [0.05, 0.1) is 44.7 Å². The largest absolute Gasteiger partial charge is 0.497 e. The fourth-order valence-corrected chi connectivity index (χ4v) is 8.73. The van der Waals surface area contributed by atoms with Crippen LogP contribution in [0.1, 0.15) is 58.2 Å². The van der Waals surface area contributed by atoms with Gasteiger partial charge in [-0.15, -0.1) is 0 Å². The van der Waals surface area contributed by atoms with Crippen LogP contribution in [0.4, 0.5) is 0 Å². The molecular weight excluding hydrogens is 919 g/mol. The Morgan fingerprint density at radius 1 is 0.507 bits per heavy atom. The first kappa shape index (κ1) is 50.4. The Balaban J connectivity index is 1.26. The summed E-state index contributed by atoms with van der Waals surface area (Å²) in [6.45, 7) is 3.20. The Morgan fingerprint density at radius 3 is 1.52 bits per heavy atom. The molecule has 3 aliphatic heterocycles. The van der Waals surface area contributed by atoms with Gasteiger partial charge in [0, 0.05) is 20.8 Å². The zero-order valence-electron chi connectivity index (χ0n) is 39.6. The number of imide groups is 1. The lowest BCUT2D eigenvalue weighted by Crippen LogP contribution is -2.70. The second-order valence-electron chi connectivity index (χ2n) is 17.0. The summed E-state index contributed by atoms with van der Waals surface area (Å²) in [5, 5.41) is 0. The highest BCUT2D eigenvalue weighted by atomic mass is 16.8. The number of hydrogen-bond acceptors (Lipinski definition) is 16. The summed E-state index contributed by atoms with van der Waals surface area (Å²) in [5.41, 5.74) is 2.66. The molecule has 0 unspecified atom stereocenters. The van der Waals surface area contributed by atoms with Crippen molar-refractivity contribution < 1.29 is 76.1 Å². The summed E-state index contributed by atoms with van der Waals surface area (Å²) in [4.78, 5) is 68.3. The molecule has 372 valence electrons. The zero-order valence-corrected chi connectivity index (χ0v) is 39.6. The lowest BCUT2D eigenvalue weighted by Gasteiger charge is -2.50. The van der Waals surface area contributed by atoms with E-state index in [-0.39, 0.29) is 37.6 Å². The van der Waals surface area contributed by atoms with Crippen LogP contribution in [0.5, 0.6) is 11.5 Å². The Labute approximate surface area is 410 Å². The van der Waals surface area contributed by atoms with Crippen LogP contribution < -0.4 is 9.47 Å². The minimum atomic E-state index is -1.77. The van der Waals surface area contributed by atoms with Crippen molar-refractivity contribution >= 4 is 29.7 Å². The molecule has 17 nitrogen and oxygen atoms in total. The number of nitrogens with zero attached hydrogens (tertiary/aromatic N) is 1. The highest BCUT2D eigenvalue weighted by Crippen LogP contribution is 2.39. The number of amides is 2. The molecule has 5 aromatic rings. The summed E-state index contributed by atoms with van der Waals surface area (Å²) in [6, 6.07) is 39.8. The van der Waals surface area contributed by atoms with Crippen LogP contribution in [-0.4, -0.2) is 116 Å². The Morgan fingerprint density at radius 2 is 0.986 bits per heavy atom. The van der Waals surface area contributed by atoms with Gasteiger partial charge in [0.2, 0.25) is 6.29 Å². The molecule has 8 rings (SSSR count). The van der Waals surface area contributed by atoms with Gasteiger partial charge in [-0.1, -0.05) is 103 Å². The summed E-state index contributed by atoms with van der Waals surface area (Å²) in [5.74, 6) is -3.07. The van der Waals surface area contributed by atoms with Gasteiger partial charge >= 0.3 is 17.9 Å². The molecule has 0 spiro atoms. The highest BCUT2D eigenvalue weighted by Gasteiger charge is 2.60. The van der Waals surface area contributed by atoms with E-state index in [1.54, 1.807) is 36.4 Å². The summed E-state index contributed by atoms with van der Waals surface area (Å²) < 4.78 is 70.1. The summed E-state index contributed by atoms with van der Waals surface area (Å²) in [6.07, 6.45) is -12.2. The van der Waals surface area contributed by atoms with E-state index >= 15 is 0 Å². The second kappa shape index (κ2) is 23.7. The Kier molecular flexibility index (Phi) is 16.9. The minimum Gasteiger partial charge on any atom is -0.497 e. The van der Waals surface area contributed by atoms with Crippen molar-refractivity contribution in [2.24, 2.45) is 0 Å². The molecule has 0 aliphatic carbocycles. The molecule has 71 heavy (non-hydrogen) atoms. The number of hydrogen-bond donors (Lipinski definition) is 0. The number of esters is 3. The van der Waals surface area contributed by atoms with Gasteiger partial charge in [-0.3, -0.25) is 28.9 Å². The molecule has 10 atom stereocenters. The standard InChI is InChI=1S/C54H55NO16/c1-33(56)63-32-44-47(66-34(2)57)48(67-35(3)58)45(55-51(59)41-22-14-15-23-42(41)52(55)60)53(69-44)71-50-49(65-30-38-20-12-7-13-21-38)46(64-29-37-18-10-6-11-19-37)43(31-62-28-36-16-8-5-9-17-36)70-54(50)68-40-26-24-39(61-4)25-27-40/h5-27,43-50,53-54H,28-32H2,1-4H3/t43-,44-,45-,46-,47-,48-,49+,50+,53-,54+/m1/s1. The molecule has 0 saturated carbocycles. The number of ether oxygens (including phenoxy) is 11. The molecule has 2 fully saturated rings. The van der Waals surface area contributed by atoms with Crippen LogP contribution in [0, 0.1) is 0 Å². The molecule has 5 aromatic carbocycles. The zero-order chi connectivity index (χ0) is 49.9. The fourth-order valence-electron chi connectivity index (χ4n) is 8.73. The topological polar surface area (TPSA) is 190 Å². The van der Waals surface area contributed by atoms with Crippen molar-refractivity contribution in [2.75, 3.05) is 20.3 Å². The van der Waals surface area contributed by atoms with Crippen LogP contribution in [0.3, 0.4) is 0 Å². The SMILES string of the molecule is COc1ccc(O[C@H]2O[C@H](COCc3ccccc3)[C@@H](OCc3ccccc3)[C@H](OCc3ccccc3)[C@@H]2O[C@H]2O[C@H](COC(C)=O)[C@@H](OC(C)=O)[C@H](OC(C)=O)[C@H]2N2C(=O)c3ccccc3C2=O)cc1. The van der Waals surface area contributed by atoms with E-state index in [4.69, 9.17) is 52.1 Å². The van der Waals surface area contributed by atoms with Gasteiger partial charge in [-0.05, 0) is 53.1 Å². The van der Waals surface area contributed by atoms with Crippen LogP contribution in [0.2, 0.25) is 0 Å². The summed E-state index contributed by atoms with van der Waals surface area (Å²) in [7, 11) is 1.53. The number of carbonyl (C=O) groups excluding carboxylic acids is 5. The summed E-state index contributed by atoms with van der Waals surface area (Å²) >= 11 is 0. The Hall–Kier alpha value is -6.99. The maximum Gasteiger partial charge on any atom is 0.303 e. The number of rotatable bonds is 20. The quantitative estimate of drug-likeness (QED) is 0.0474. The van der Waals surface area contributed by atoms with Crippen molar-refractivity contribution in [2.45, 2.75) is 102 Å². The van der Waals surface area contributed by atoms with Crippen molar-refractivity contribution in [3.05, 3.63) is 167 Å². The average Bonchev–Trinajstić information content (AvgIpc) is 3.62. The lowest BCUT2D eigenvalue weighted by atomic mass is 9.93. The predicted octanol–water partition coefficient (Wildman–Crippen LogP) is 6.39. The smallest absolute Gasteiger partial charge is 0.303 e. The molecule has 0 N–H and O–H groups in total. The van der Waals surface area contributed by atoms with E-state index in [1.807, 2.05) is 91.0 Å². The first-order chi connectivity index (χ1) is 34.5. The molecular formula is C54H55NO16. The van der Waals surface area contributed by atoms with Gasteiger partial charge in [0.1, 0.15) is 48.6 Å². The molecule has 3 heterocycles. The molecule has 0 radical (unpaired) electrons. The minimum absolute atomic E-state index is 0.0185. The van der Waals surface area contributed by atoms with Crippen molar-refractivity contribution in [1.82, 2.24) is 4.90 Å². The first-order valence-electron chi connectivity index (χ1n) is 23.1. The molecule has 2 amide bonds. The van der Waals surface area contributed by atoms with Gasteiger partial charge in [-0.2, -0.15) is 0 Å². The number of carbonyl (C=O) groups is 5. The average molecular weight is 974 g/mol. The lowest BCUT2D eigenvalue weighted by molar-refractivity contribution is -0.357. The normalized spacial score (nSPS) is 24.9. The van der Waals surface area contributed by atoms with Gasteiger partial charge in [-0.25, -0.2) is 0 Å². The third-order valence-electron chi connectivity index (χ3n) is 12.0. The van der Waals surface area contributed by atoms with Crippen molar-refractivity contribution in [3.8, 4) is 11.5 Å². The van der Waals surface area contributed by atoms with Gasteiger partial charge < -0.3 is 52.1 Å². The first-order valence-corrected chi connectivity index (χ1v) is 23.1. The predicted molar refractivity (Wildman–Crippen MR) is 250 cm³/mol. The maximum absolute atomic E-state index is 14.6. The molecule has 0 aromatic heterocycles. The van der Waals surface area contributed by atoms with E-state index in [1.165, 1.54) is 26.2 Å². The molecule has 3 aliphatic rings. The maximum atomic E-state index is 14.6. The van der Waals surface area contributed by atoms with Crippen LogP contribution in [-0.2, 0) is 76.8 Å². The third-order valence-corrected chi connectivity index (χ3v) is 12.0. The Bertz CT molecular complexity index is 2550. The van der Waals surface area contributed by atoms with Crippen molar-refractivity contribution in [3.63, 3.8) is 0 Å². The highest BCUT2D eigenvalue weighted by molar-refractivity contribution is 6.21. The van der Waals surface area contributed by atoms with E-state index < -0.39 is 97.7 Å². The number of methoxy groups -OCH3 is 1. The number of fused-ring (bicyclic) bond motifs is 1. The van der Waals surface area contributed by atoms with Crippen LogP contribution in [0.15, 0.2) is 140 Å². The molecule has 0 bridgehead atoms. The third kappa shape index (κ3) is 12.5. The molecule has 17 heteroatoms. The van der Waals surface area contributed by atoms with E-state index in [0.29, 0.717) is 11.5 Å². The number of benzene rings is 5. The van der Waals surface area contributed by atoms with E-state index in [0.717, 1.165) is 35.4 Å². The van der Waals surface area contributed by atoms with E-state index in [2.05, 4.69) is 0 Å². The van der Waals surface area contributed by atoms with Crippen LogP contribution in [0.25, 0.3) is 0 Å². The van der Waals surface area contributed by atoms with Crippen LogP contribution >= 0.6 is 0 Å². The fraction of sp³-hybridized carbons (Fsp3) is 0.352. The second-order valence-corrected chi connectivity index (χ2v) is 17.0. The van der Waals surface area contributed by atoms with E-state index in [9.17, 15) is 24.0 Å².